The van der Waals surface area contributed by atoms with Gasteiger partial charge in [0.2, 0.25) is 0 Å². The van der Waals surface area contributed by atoms with Crippen molar-refractivity contribution in [1.29, 1.82) is 0 Å². The van der Waals surface area contributed by atoms with Crippen LogP contribution in [-0.4, -0.2) is 28.2 Å². The monoisotopic (exact) mass is 371 g/mol. The van der Waals surface area contributed by atoms with E-state index in [2.05, 4.69) is 10.3 Å². The van der Waals surface area contributed by atoms with Crippen molar-refractivity contribution in [2.24, 2.45) is 0 Å². The van der Waals surface area contributed by atoms with Crippen LogP contribution in [-0.2, 0) is 13.0 Å². The summed E-state index contributed by atoms with van der Waals surface area (Å²) in [6, 6.07) is 7.52. The number of anilines is 1. The molecule has 1 aliphatic rings. The van der Waals surface area contributed by atoms with Crippen molar-refractivity contribution in [3.63, 3.8) is 0 Å². The quantitative estimate of drug-likeness (QED) is 0.766. The number of carbonyl (C=O) groups excluding carboxylic acids is 2. The van der Waals surface area contributed by atoms with Crippen LogP contribution in [0.4, 0.5) is 9.52 Å². The molecule has 0 atom stereocenters. The molecule has 6 nitrogen and oxygen atoms in total. The molecule has 2 aromatic heterocycles. The molecule has 1 N–H and O–H groups in total. The molecule has 26 heavy (non-hydrogen) atoms. The minimum Gasteiger partial charge on any atom is -0.472 e. The molecule has 4 rings (SSSR count). The first-order chi connectivity index (χ1) is 12.6. The van der Waals surface area contributed by atoms with Gasteiger partial charge in [0.25, 0.3) is 11.8 Å². The molecule has 0 spiro atoms. The van der Waals surface area contributed by atoms with Gasteiger partial charge in [-0.2, -0.15) is 0 Å². The molecule has 1 aliphatic heterocycles. The van der Waals surface area contributed by atoms with Gasteiger partial charge in [0, 0.05) is 17.8 Å². The summed E-state index contributed by atoms with van der Waals surface area (Å²) in [6.07, 6.45) is 3.35. The van der Waals surface area contributed by atoms with Crippen LogP contribution in [0.5, 0.6) is 0 Å². The number of rotatable bonds is 3. The van der Waals surface area contributed by atoms with Crippen LogP contribution in [0.3, 0.4) is 0 Å². The molecule has 0 radical (unpaired) electrons. The standard InChI is InChI=1S/C18H14FN3O3S/c19-13-4-2-1-3-12(13)17(24)22-7-5-14-15(9-22)26-18(20-14)21-16(23)11-6-8-25-10-11/h1-4,6,8,10H,5,7,9H2,(H,20,21,23). The average molecular weight is 371 g/mol. The Morgan fingerprint density at radius 3 is 2.88 bits per heavy atom. The summed E-state index contributed by atoms with van der Waals surface area (Å²) in [7, 11) is 0. The highest BCUT2D eigenvalue weighted by molar-refractivity contribution is 7.15. The number of amides is 2. The van der Waals surface area contributed by atoms with Gasteiger partial charge in [-0.05, 0) is 18.2 Å². The second-order valence-corrected chi connectivity index (χ2v) is 6.90. The Balaban J connectivity index is 1.49. The minimum absolute atomic E-state index is 0.0638. The maximum absolute atomic E-state index is 13.9. The first-order valence-electron chi connectivity index (χ1n) is 7.98. The number of halogens is 1. The SMILES string of the molecule is O=C(Nc1nc2c(s1)CN(C(=O)c1ccccc1F)CC2)c1ccoc1. The molecule has 2 amide bonds. The van der Waals surface area contributed by atoms with Crippen LogP contribution in [0, 0.1) is 5.82 Å². The second-order valence-electron chi connectivity index (χ2n) is 5.81. The number of hydrogen-bond acceptors (Lipinski definition) is 5. The molecule has 3 aromatic rings. The second kappa shape index (κ2) is 6.72. The Labute approximate surface area is 152 Å². The lowest BCUT2D eigenvalue weighted by Crippen LogP contribution is -2.35. The Bertz CT molecular complexity index is 968. The molecule has 0 bridgehead atoms. The van der Waals surface area contributed by atoms with E-state index in [1.807, 2.05) is 0 Å². The van der Waals surface area contributed by atoms with Crippen LogP contribution in [0.2, 0.25) is 0 Å². The Hall–Kier alpha value is -3.00. The van der Waals surface area contributed by atoms with E-state index in [1.54, 1.807) is 23.1 Å². The Morgan fingerprint density at radius 1 is 1.27 bits per heavy atom. The summed E-state index contributed by atoms with van der Waals surface area (Å²) in [5.74, 6) is -1.17. The maximum Gasteiger partial charge on any atom is 0.260 e. The third-order valence-electron chi connectivity index (χ3n) is 4.13. The van der Waals surface area contributed by atoms with E-state index < -0.39 is 5.82 Å². The number of carbonyl (C=O) groups is 2. The Morgan fingerprint density at radius 2 is 2.12 bits per heavy atom. The maximum atomic E-state index is 13.9. The number of nitrogens with one attached hydrogen (secondary N) is 1. The van der Waals surface area contributed by atoms with Crippen LogP contribution in [0.15, 0.2) is 47.3 Å². The lowest BCUT2D eigenvalue weighted by molar-refractivity contribution is 0.0731. The number of benzene rings is 1. The third-order valence-corrected chi connectivity index (χ3v) is 5.12. The predicted octanol–water partition coefficient (Wildman–Crippen LogP) is 3.33. The van der Waals surface area contributed by atoms with E-state index in [9.17, 15) is 14.0 Å². The van der Waals surface area contributed by atoms with Crippen LogP contribution in [0.1, 0.15) is 31.3 Å². The number of hydrogen-bond donors (Lipinski definition) is 1. The summed E-state index contributed by atoms with van der Waals surface area (Å²) in [6.45, 7) is 0.806. The van der Waals surface area contributed by atoms with Gasteiger partial charge >= 0.3 is 0 Å². The predicted molar refractivity (Wildman–Crippen MR) is 93.6 cm³/mol. The van der Waals surface area contributed by atoms with Crippen molar-refractivity contribution in [2.45, 2.75) is 13.0 Å². The minimum atomic E-state index is -0.527. The number of thiazole rings is 1. The van der Waals surface area contributed by atoms with Crippen molar-refractivity contribution in [3.05, 3.63) is 70.4 Å². The fraction of sp³-hybridized carbons (Fsp3) is 0.167. The zero-order valence-electron chi connectivity index (χ0n) is 13.6. The number of furan rings is 1. The molecule has 0 fully saturated rings. The lowest BCUT2D eigenvalue weighted by atomic mass is 10.1. The zero-order chi connectivity index (χ0) is 18.1. The molecule has 0 aliphatic carbocycles. The van der Waals surface area contributed by atoms with Crippen molar-refractivity contribution >= 4 is 28.3 Å². The lowest BCUT2D eigenvalue weighted by Gasteiger charge is -2.26. The molecule has 132 valence electrons. The van der Waals surface area contributed by atoms with Gasteiger partial charge in [0.1, 0.15) is 12.1 Å². The summed E-state index contributed by atoms with van der Waals surface area (Å²) in [5.41, 5.74) is 1.33. The van der Waals surface area contributed by atoms with E-state index in [-0.39, 0.29) is 17.4 Å². The molecule has 0 saturated heterocycles. The first kappa shape index (κ1) is 16.5. The summed E-state index contributed by atoms with van der Waals surface area (Å²) >= 11 is 1.32. The van der Waals surface area contributed by atoms with E-state index in [0.29, 0.717) is 30.2 Å². The number of fused-ring (bicyclic) bond motifs is 1. The number of aromatic nitrogens is 1. The highest BCUT2D eigenvalue weighted by atomic mass is 32.1. The van der Waals surface area contributed by atoms with Crippen LogP contribution < -0.4 is 5.32 Å². The largest absolute Gasteiger partial charge is 0.472 e. The highest BCUT2D eigenvalue weighted by Crippen LogP contribution is 2.29. The normalized spacial score (nSPS) is 13.3. The van der Waals surface area contributed by atoms with Gasteiger partial charge in [-0.25, -0.2) is 9.37 Å². The van der Waals surface area contributed by atoms with Gasteiger partial charge in [-0.15, -0.1) is 0 Å². The van der Waals surface area contributed by atoms with Gasteiger partial charge in [-0.1, -0.05) is 23.5 Å². The van der Waals surface area contributed by atoms with E-state index in [0.717, 1.165) is 10.6 Å². The van der Waals surface area contributed by atoms with Crippen molar-refractivity contribution < 1.29 is 18.4 Å². The fourth-order valence-electron chi connectivity index (χ4n) is 2.79. The molecule has 1 aromatic carbocycles. The Kier molecular flexibility index (Phi) is 4.26. The first-order valence-corrected chi connectivity index (χ1v) is 8.79. The molecule has 0 saturated carbocycles. The molecular weight excluding hydrogens is 357 g/mol. The summed E-state index contributed by atoms with van der Waals surface area (Å²) in [5, 5.41) is 3.20. The van der Waals surface area contributed by atoms with Gasteiger partial charge in [0.15, 0.2) is 5.13 Å². The average Bonchev–Trinajstić information content (AvgIpc) is 3.30. The zero-order valence-corrected chi connectivity index (χ0v) is 14.4. The molecular formula is C18H14FN3O3S. The van der Waals surface area contributed by atoms with Gasteiger partial charge in [-0.3, -0.25) is 14.9 Å². The topological polar surface area (TPSA) is 75.4 Å². The van der Waals surface area contributed by atoms with Crippen molar-refractivity contribution in [2.75, 3.05) is 11.9 Å². The summed E-state index contributed by atoms with van der Waals surface area (Å²) < 4.78 is 18.8. The van der Waals surface area contributed by atoms with Gasteiger partial charge < -0.3 is 9.32 Å². The van der Waals surface area contributed by atoms with E-state index >= 15 is 0 Å². The van der Waals surface area contributed by atoms with Gasteiger partial charge in [0.05, 0.1) is 29.6 Å². The fourth-order valence-corrected chi connectivity index (χ4v) is 3.81. The van der Waals surface area contributed by atoms with Crippen LogP contribution in [0.25, 0.3) is 0 Å². The summed E-state index contributed by atoms with van der Waals surface area (Å²) in [4.78, 5) is 31.6. The third kappa shape index (κ3) is 3.11. The molecule has 3 heterocycles. The van der Waals surface area contributed by atoms with E-state index in [1.165, 1.54) is 36.0 Å². The number of nitrogens with zero attached hydrogens (tertiary/aromatic N) is 2. The molecule has 8 heteroatoms. The van der Waals surface area contributed by atoms with Crippen molar-refractivity contribution in [1.82, 2.24) is 9.88 Å². The van der Waals surface area contributed by atoms with E-state index in [4.69, 9.17) is 4.42 Å². The smallest absolute Gasteiger partial charge is 0.260 e. The molecule has 0 unspecified atom stereocenters. The van der Waals surface area contributed by atoms with Crippen molar-refractivity contribution in [3.8, 4) is 0 Å². The highest BCUT2D eigenvalue weighted by Gasteiger charge is 2.26. The van der Waals surface area contributed by atoms with Crippen LogP contribution >= 0.6 is 11.3 Å².